The molecule has 0 spiro atoms. The minimum atomic E-state index is -4.95. The van der Waals surface area contributed by atoms with E-state index in [9.17, 15) is 43.5 Å². The van der Waals surface area contributed by atoms with Crippen LogP contribution in [-0.2, 0) is 55.8 Å². The molecule has 18 heteroatoms. The van der Waals surface area contributed by atoms with Gasteiger partial charge in [0.25, 0.3) is 0 Å². The Morgan fingerprint density at radius 1 is 0.218 bits per heavy atom. The van der Waals surface area contributed by atoms with Crippen LogP contribution in [0, 0.1) is 0 Å². The van der Waals surface area contributed by atoms with Crippen molar-refractivity contribution >= 4 is 33.6 Å². The second-order valence-electron chi connectivity index (χ2n) is 36.4. The highest BCUT2D eigenvalue weighted by atomic mass is 31.2. The van der Waals surface area contributed by atoms with E-state index in [2.05, 4.69) is 191 Å². The summed E-state index contributed by atoms with van der Waals surface area (Å²) in [6.45, 7) is 2.53. The van der Waals surface area contributed by atoms with E-state index >= 15 is 0 Å². The molecule has 0 saturated carbocycles. The zero-order chi connectivity index (χ0) is 96.4. The van der Waals surface area contributed by atoms with Crippen LogP contribution in [0.15, 0.2) is 170 Å². The van der Waals surface area contributed by atoms with Crippen molar-refractivity contribution in [3.05, 3.63) is 170 Å². The van der Waals surface area contributed by atoms with E-state index in [0.717, 1.165) is 154 Å². The Bertz CT molecular complexity index is 3100. The SMILES string of the molecule is CC/C=C\C/C=C\C/C=C\C/C=C\C/C=C\CCCCCCCCCCCCCCCCCC(=O)OCC(COP(=O)(O)OCC(O)COP(=O)(O)OCC(O)COC(=O)CCCCCCCCCCCCCCCCCCCCC/C=C\C/C=C\C/C=C\C/C=C\CCCCC)OC(=O)CCCCCCCCCCCCCCCCC/C=C\C/C=C\C/C=C\C/C=C\C/C=C\CC. The Labute approximate surface area is 815 Å². The van der Waals surface area contributed by atoms with Crippen LogP contribution in [-0.4, -0.2) is 95.9 Å². The minimum absolute atomic E-state index is 0.102. The third-order valence-corrected chi connectivity index (χ3v) is 25.3. The Morgan fingerprint density at radius 3 is 0.632 bits per heavy atom. The summed E-state index contributed by atoms with van der Waals surface area (Å²) in [6.07, 6.45) is 140. The summed E-state index contributed by atoms with van der Waals surface area (Å²) in [5, 5.41) is 20.8. The van der Waals surface area contributed by atoms with Crippen molar-refractivity contribution in [2.45, 2.75) is 501 Å². The van der Waals surface area contributed by atoms with Gasteiger partial charge in [0.2, 0.25) is 0 Å². The number of ether oxygens (including phenoxy) is 3. The van der Waals surface area contributed by atoms with E-state index in [0.29, 0.717) is 19.3 Å². The van der Waals surface area contributed by atoms with Crippen LogP contribution >= 0.6 is 15.6 Å². The molecule has 16 nitrogen and oxygen atoms in total. The summed E-state index contributed by atoms with van der Waals surface area (Å²) in [4.78, 5) is 59.3. The van der Waals surface area contributed by atoms with Crippen molar-refractivity contribution in [1.29, 1.82) is 0 Å². The van der Waals surface area contributed by atoms with Gasteiger partial charge in [0, 0.05) is 19.3 Å². The molecule has 0 heterocycles. The van der Waals surface area contributed by atoms with Crippen molar-refractivity contribution in [1.82, 2.24) is 0 Å². The Balaban J connectivity index is 4.58. The van der Waals surface area contributed by atoms with Crippen molar-refractivity contribution in [3.8, 4) is 0 Å². The lowest BCUT2D eigenvalue weighted by atomic mass is 10.0. The molecule has 0 aromatic carbocycles. The van der Waals surface area contributed by atoms with Crippen molar-refractivity contribution < 1.29 is 75.8 Å². The highest BCUT2D eigenvalue weighted by Gasteiger charge is 2.30. The molecule has 0 saturated heterocycles. The summed E-state index contributed by atoms with van der Waals surface area (Å²) in [6, 6.07) is 0. The van der Waals surface area contributed by atoms with Gasteiger partial charge in [-0.3, -0.25) is 32.5 Å². The lowest BCUT2D eigenvalue weighted by Crippen LogP contribution is -2.30. The highest BCUT2D eigenvalue weighted by molar-refractivity contribution is 7.47. The number of hydrogen-bond acceptors (Lipinski definition) is 14. The number of aliphatic hydroxyl groups is 2. The van der Waals surface area contributed by atoms with Gasteiger partial charge in [0.15, 0.2) is 6.10 Å². The lowest BCUT2D eigenvalue weighted by Gasteiger charge is -2.21. The number of hydrogen-bond donors (Lipinski definition) is 4. The Kier molecular flexibility index (Phi) is 102. The molecule has 0 rings (SSSR count). The molecule has 0 aliphatic heterocycles. The standard InChI is InChI=1S/C115H200O16P2/c1-4-7-10-13-16-19-22-25-28-31-34-37-40-43-46-49-52-53-54-55-58-60-62-65-68-71-74-77-80-83-86-89-92-95-98-101-113(118)125-104-110(116)105-127-132(121,122)128-106-111(117)107-129-133(123,124)130-109-112(131-115(120)103-100-97-94-91-88-85-82-79-76-73-70-67-64-61-57-51-48-45-42-39-36-33-30-27-24-21-18-15-12-9-6-3)108-126-114(119)102-99-96-93-90-87-84-81-78-75-72-69-66-63-59-56-50-47-44-41-38-35-32-29-26-23-20-17-14-11-8-5-2/h8-9,11-12,16-21,25-30,34-39,43-48,110-112,116-117H,4-7,10,13-15,22-24,31-33,40-42,49-109H2,1-3H3,(H,121,122)(H,123,124)/b11-8-,12-9-,19-16-,20-17-,21-18-,28-25-,29-26-,30-27-,37-34-,38-35-,39-36-,46-43-,47-44-,48-45-. The molecule has 766 valence electrons. The molecule has 4 N–H and O–H groups in total. The van der Waals surface area contributed by atoms with E-state index < -0.39 is 91.5 Å². The van der Waals surface area contributed by atoms with Gasteiger partial charge in [-0.15, -0.1) is 0 Å². The summed E-state index contributed by atoms with van der Waals surface area (Å²) in [5.74, 6) is -1.55. The van der Waals surface area contributed by atoms with Crippen molar-refractivity contribution in [2.75, 3.05) is 39.6 Å². The van der Waals surface area contributed by atoms with Crippen molar-refractivity contribution in [2.24, 2.45) is 0 Å². The number of rotatable bonds is 103. The van der Waals surface area contributed by atoms with Crippen LogP contribution in [0.3, 0.4) is 0 Å². The predicted octanol–water partition coefficient (Wildman–Crippen LogP) is 34.9. The maximum absolute atomic E-state index is 13.2. The number of carbonyl (C=O) groups excluding carboxylic acids is 3. The third kappa shape index (κ3) is 107. The summed E-state index contributed by atoms with van der Waals surface area (Å²) < 4.78 is 61.8. The van der Waals surface area contributed by atoms with Gasteiger partial charge in [0.05, 0.1) is 26.4 Å². The monoisotopic (exact) mass is 1900 g/mol. The number of carbonyl (C=O) groups is 3. The molecule has 0 aliphatic carbocycles. The van der Waals surface area contributed by atoms with E-state index in [4.69, 9.17) is 32.3 Å². The smallest absolute Gasteiger partial charge is 0.463 e. The number of allylic oxidation sites excluding steroid dienone is 28. The molecule has 0 amide bonds. The zero-order valence-electron chi connectivity index (χ0n) is 85.1. The lowest BCUT2D eigenvalue weighted by molar-refractivity contribution is -0.161. The first-order valence-electron chi connectivity index (χ1n) is 54.4. The first-order chi connectivity index (χ1) is 65.2. The van der Waals surface area contributed by atoms with Crippen LogP contribution in [0.2, 0.25) is 0 Å². The summed E-state index contributed by atoms with van der Waals surface area (Å²) in [7, 11) is -9.82. The summed E-state index contributed by atoms with van der Waals surface area (Å²) in [5.41, 5.74) is 0. The molecular weight excluding hydrogens is 1700 g/mol. The summed E-state index contributed by atoms with van der Waals surface area (Å²) >= 11 is 0. The minimum Gasteiger partial charge on any atom is -0.463 e. The fourth-order valence-corrected chi connectivity index (χ4v) is 16.8. The fraction of sp³-hybridized carbons (Fsp3) is 0.730. The number of phosphoric acid groups is 2. The zero-order valence-corrected chi connectivity index (χ0v) is 86.9. The first-order valence-corrected chi connectivity index (χ1v) is 57.4. The molecule has 0 radical (unpaired) electrons. The van der Waals surface area contributed by atoms with Crippen LogP contribution in [0.25, 0.3) is 0 Å². The number of unbranched alkanes of at least 4 members (excludes halogenated alkanes) is 52. The average molecular weight is 1900 g/mol. The topological polar surface area (TPSA) is 231 Å². The Hall–Kier alpha value is -5.09. The van der Waals surface area contributed by atoms with Gasteiger partial charge in [-0.05, 0) is 154 Å². The highest BCUT2D eigenvalue weighted by Crippen LogP contribution is 2.45. The molecule has 5 unspecified atom stereocenters. The number of aliphatic hydroxyl groups excluding tert-OH is 2. The molecule has 0 bridgehead atoms. The average Bonchev–Trinajstić information content (AvgIpc) is 0.900. The van der Waals surface area contributed by atoms with Gasteiger partial charge in [-0.1, -0.05) is 480 Å². The van der Waals surface area contributed by atoms with Crippen LogP contribution < -0.4 is 0 Å². The van der Waals surface area contributed by atoms with Gasteiger partial charge in [-0.25, -0.2) is 9.13 Å². The van der Waals surface area contributed by atoms with Gasteiger partial charge in [-0.2, -0.15) is 0 Å². The molecule has 133 heavy (non-hydrogen) atoms. The molecule has 0 aliphatic rings. The van der Waals surface area contributed by atoms with Crippen molar-refractivity contribution in [3.63, 3.8) is 0 Å². The number of phosphoric ester groups is 2. The molecule has 0 aromatic heterocycles. The first kappa shape index (κ1) is 128. The van der Waals surface area contributed by atoms with Gasteiger partial charge >= 0.3 is 33.6 Å². The van der Waals surface area contributed by atoms with E-state index in [1.165, 1.54) is 270 Å². The van der Waals surface area contributed by atoms with Crippen LogP contribution in [0.5, 0.6) is 0 Å². The normalized spacial score (nSPS) is 14.2. The number of esters is 3. The molecular formula is C115H200O16P2. The van der Waals surface area contributed by atoms with Gasteiger partial charge in [0.1, 0.15) is 25.4 Å². The van der Waals surface area contributed by atoms with E-state index in [1.807, 2.05) is 0 Å². The van der Waals surface area contributed by atoms with E-state index in [1.54, 1.807) is 0 Å². The Morgan fingerprint density at radius 2 is 0.398 bits per heavy atom. The van der Waals surface area contributed by atoms with Crippen LogP contribution in [0.4, 0.5) is 0 Å². The second-order valence-corrected chi connectivity index (χ2v) is 39.3. The quantitative estimate of drug-likeness (QED) is 0.0146. The van der Waals surface area contributed by atoms with Crippen LogP contribution in [0.1, 0.15) is 483 Å². The molecule has 5 atom stereocenters. The van der Waals surface area contributed by atoms with E-state index in [-0.39, 0.29) is 19.3 Å². The maximum Gasteiger partial charge on any atom is 0.472 e. The molecule has 0 fully saturated rings. The third-order valence-electron chi connectivity index (χ3n) is 23.4. The largest absolute Gasteiger partial charge is 0.472 e. The van der Waals surface area contributed by atoms with Gasteiger partial charge < -0.3 is 34.2 Å². The predicted molar refractivity (Wildman–Crippen MR) is 565 cm³/mol. The molecule has 0 aromatic rings. The second kappa shape index (κ2) is 106. The fourth-order valence-electron chi connectivity index (χ4n) is 15.3. The maximum atomic E-state index is 13.2.